The number of nitrogens with one attached hydrogen (secondary N) is 1. The van der Waals surface area contributed by atoms with E-state index in [0.29, 0.717) is 25.5 Å². The van der Waals surface area contributed by atoms with E-state index in [2.05, 4.69) is 23.7 Å². The van der Waals surface area contributed by atoms with Gasteiger partial charge in [-0.15, -0.1) is 11.3 Å². The van der Waals surface area contributed by atoms with Crippen LogP contribution in [-0.2, 0) is 21.0 Å². The summed E-state index contributed by atoms with van der Waals surface area (Å²) < 4.78 is 29.7. The van der Waals surface area contributed by atoms with Crippen molar-refractivity contribution in [3.63, 3.8) is 0 Å². The quantitative estimate of drug-likeness (QED) is 0.870. The second kappa shape index (κ2) is 7.41. The van der Waals surface area contributed by atoms with Gasteiger partial charge in [-0.3, -0.25) is 0 Å². The van der Waals surface area contributed by atoms with Crippen LogP contribution in [0.1, 0.15) is 18.2 Å². The molecule has 0 radical (unpaired) electrons. The van der Waals surface area contributed by atoms with Gasteiger partial charge < -0.3 is 15.0 Å². The van der Waals surface area contributed by atoms with Gasteiger partial charge in [0.1, 0.15) is 5.25 Å². The van der Waals surface area contributed by atoms with Crippen LogP contribution in [-0.4, -0.2) is 62.7 Å². The van der Waals surface area contributed by atoms with Gasteiger partial charge in [0.05, 0.1) is 18.4 Å². The standard InChI is InChI=1S/C16H24N2O4S2/c1-12(9-13-3-2-7-23-13)10-17-16(19)18-5-8-24(20,21)15-11-22-6-4-14(15)18/h2-3,7,12,14-15H,4-6,8-11H2,1H3,(H,17,19). The molecular formula is C16H24N2O4S2. The molecule has 2 amide bonds. The van der Waals surface area contributed by atoms with Crippen molar-refractivity contribution >= 4 is 27.2 Å². The second-order valence-electron chi connectivity index (χ2n) is 6.60. The highest BCUT2D eigenvalue weighted by atomic mass is 32.2. The summed E-state index contributed by atoms with van der Waals surface area (Å²) >= 11 is 1.72. The first-order valence-electron chi connectivity index (χ1n) is 8.33. The van der Waals surface area contributed by atoms with Crippen molar-refractivity contribution in [2.45, 2.75) is 31.1 Å². The predicted octanol–water partition coefficient (Wildman–Crippen LogP) is 1.52. The molecule has 134 valence electrons. The number of thiophene rings is 1. The van der Waals surface area contributed by atoms with Crippen molar-refractivity contribution in [1.29, 1.82) is 0 Å². The Hall–Kier alpha value is -1.12. The Bertz CT molecular complexity index is 660. The van der Waals surface area contributed by atoms with Crippen molar-refractivity contribution < 1.29 is 17.9 Å². The lowest BCUT2D eigenvalue weighted by Crippen LogP contribution is -2.62. The SMILES string of the molecule is CC(CNC(=O)N1CCS(=O)(=O)C2COCCC21)Cc1cccs1. The number of urea groups is 1. The van der Waals surface area contributed by atoms with Crippen molar-refractivity contribution in [2.24, 2.45) is 5.92 Å². The van der Waals surface area contributed by atoms with Crippen molar-refractivity contribution in [1.82, 2.24) is 10.2 Å². The zero-order valence-electron chi connectivity index (χ0n) is 13.8. The monoisotopic (exact) mass is 372 g/mol. The van der Waals surface area contributed by atoms with Gasteiger partial charge in [-0.1, -0.05) is 13.0 Å². The van der Waals surface area contributed by atoms with E-state index >= 15 is 0 Å². The Morgan fingerprint density at radius 3 is 3.12 bits per heavy atom. The van der Waals surface area contributed by atoms with Crippen LogP contribution in [0.3, 0.4) is 0 Å². The maximum Gasteiger partial charge on any atom is 0.317 e. The normalized spacial score (nSPS) is 27.3. The van der Waals surface area contributed by atoms with Crippen molar-refractivity contribution in [3.05, 3.63) is 22.4 Å². The minimum atomic E-state index is -3.16. The van der Waals surface area contributed by atoms with E-state index in [-0.39, 0.29) is 31.0 Å². The van der Waals surface area contributed by atoms with E-state index in [1.807, 2.05) is 6.07 Å². The average molecular weight is 373 g/mol. The van der Waals surface area contributed by atoms with Crippen LogP contribution in [0.4, 0.5) is 4.79 Å². The molecule has 0 aliphatic carbocycles. The maximum atomic E-state index is 12.6. The van der Waals surface area contributed by atoms with E-state index in [1.165, 1.54) is 4.88 Å². The Labute approximate surface area is 147 Å². The van der Waals surface area contributed by atoms with Gasteiger partial charge in [-0.2, -0.15) is 0 Å². The zero-order chi connectivity index (χ0) is 17.2. The molecule has 3 rings (SSSR count). The van der Waals surface area contributed by atoms with Crippen LogP contribution >= 0.6 is 11.3 Å². The summed E-state index contributed by atoms with van der Waals surface area (Å²) in [5.41, 5.74) is 0. The highest BCUT2D eigenvalue weighted by Gasteiger charge is 2.45. The molecule has 2 saturated heterocycles. The lowest BCUT2D eigenvalue weighted by molar-refractivity contribution is 0.0462. The first-order chi connectivity index (χ1) is 11.5. The first-order valence-corrected chi connectivity index (χ1v) is 10.9. The second-order valence-corrected chi connectivity index (χ2v) is 9.98. The Morgan fingerprint density at radius 1 is 1.54 bits per heavy atom. The van der Waals surface area contributed by atoms with Crippen molar-refractivity contribution in [2.75, 3.05) is 32.1 Å². The molecule has 8 heteroatoms. The molecular weight excluding hydrogens is 348 g/mol. The number of sulfone groups is 1. The molecule has 0 spiro atoms. The third-order valence-corrected chi connectivity index (χ3v) is 7.76. The number of hydrogen-bond acceptors (Lipinski definition) is 5. The van der Waals surface area contributed by atoms with Crippen LogP contribution in [0.2, 0.25) is 0 Å². The zero-order valence-corrected chi connectivity index (χ0v) is 15.4. The number of carbonyl (C=O) groups is 1. The van der Waals surface area contributed by atoms with Gasteiger partial charge in [-0.25, -0.2) is 13.2 Å². The third-order valence-electron chi connectivity index (χ3n) is 4.74. The van der Waals surface area contributed by atoms with Gasteiger partial charge in [0.25, 0.3) is 0 Å². The van der Waals surface area contributed by atoms with E-state index in [1.54, 1.807) is 16.2 Å². The molecule has 3 heterocycles. The molecule has 3 atom stereocenters. The smallest absolute Gasteiger partial charge is 0.317 e. The highest BCUT2D eigenvalue weighted by Crippen LogP contribution is 2.26. The van der Waals surface area contributed by atoms with Gasteiger partial charge in [0.2, 0.25) is 0 Å². The number of ether oxygens (including phenoxy) is 1. The lowest BCUT2D eigenvalue weighted by atomic mass is 10.1. The Kier molecular flexibility index (Phi) is 5.46. The molecule has 2 aliphatic heterocycles. The van der Waals surface area contributed by atoms with Gasteiger partial charge in [0.15, 0.2) is 9.84 Å². The summed E-state index contributed by atoms with van der Waals surface area (Å²) in [4.78, 5) is 15.6. The molecule has 1 N–H and O–H groups in total. The Balaban J connectivity index is 1.56. The van der Waals surface area contributed by atoms with E-state index < -0.39 is 15.1 Å². The molecule has 24 heavy (non-hydrogen) atoms. The molecule has 2 aliphatic rings. The van der Waals surface area contributed by atoms with Gasteiger partial charge >= 0.3 is 6.03 Å². The van der Waals surface area contributed by atoms with Crippen LogP contribution in [0.15, 0.2) is 17.5 Å². The third kappa shape index (κ3) is 3.92. The van der Waals surface area contributed by atoms with Crippen LogP contribution < -0.4 is 5.32 Å². The fraction of sp³-hybridized carbons (Fsp3) is 0.688. The molecule has 3 unspecified atom stereocenters. The average Bonchev–Trinajstić information content (AvgIpc) is 3.06. The van der Waals surface area contributed by atoms with Crippen LogP contribution in [0.5, 0.6) is 0 Å². The number of amides is 2. The van der Waals surface area contributed by atoms with Gasteiger partial charge in [-0.05, 0) is 30.2 Å². The van der Waals surface area contributed by atoms with Gasteiger partial charge in [0, 0.05) is 24.6 Å². The largest absolute Gasteiger partial charge is 0.380 e. The number of hydrogen-bond donors (Lipinski definition) is 1. The van der Waals surface area contributed by atoms with Crippen LogP contribution in [0, 0.1) is 5.92 Å². The highest BCUT2D eigenvalue weighted by molar-refractivity contribution is 7.92. The topological polar surface area (TPSA) is 75.7 Å². The van der Waals surface area contributed by atoms with E-state index in [4.69, 9.17) is 4.74 Å². The summed E-state index contributed by atoms with van der Waals surface area (Å²) in [6.45, 7) is 3.68. The Morgan fingerprint density at radius 2 is 2.38 bits per heavy atom. The molecule has 0 saturated carbocycles. The number of rotatable bonds is 4. The number of fused-ring (bicyclic) bond motifs is 1. The first kappa shape index (κ1) is 17.7. The minimum absolute atomic E-state index is 0.0235. The summed E-state index contributed by atoms with van der Waals surface area (Å²) in [5.74, 6) is 0.363. The maximum absolute atomic E-state index is 12.6. The fourth-order valence-corrected chi connectivity index (χ4v) is 6.09. The predicted molar refractivity (Wildman–Crippen MR) is 94.1 cm³/mol. The molecule has 1 aromatic heterocycles. The minimum Gasteiger partial charge on any atom is -0.380 e. The lowest BCUT2D eigenvalue weighted by Gasteiger charge is -2.43. The van der Waals surface area contributed by atoms with Crippen molar-refractivity contribution in [3.8, 4) is 0 Å². The molecule has 6 nitrogen and oxygen atoms in total. The summed E-state index contributed by atoms with van der Waals surface area (Å²) in [6.07, 6.45) is 1.52. The molecule has 1 aromatic rings. The molecule has 0 bridgehead atoms. The van der Waals surface area contributed by atoms with Crippen LogP contribution in [0.25, 0.3) is 0 Å². The number of carbonyl (C=O) groups excluding carboxylic acids is 1. The summed E-state index contributed by atoms with van der Waals surface area (Å²) in [7, 11) is -3.16. The molecule has 0 aromatic carbocycles. The fourth-order valence-electron chi connectivity index (χ4n) is 3.40. The summed E-state index contributed by atoms with van der Waals surface area (Å²) in [5, 5.41) is 4.46. The van der Waals surface area contributed by atoms with E-state index in [9.17, 15) is 13.2 Å². The molecule has 2 fully saturated rings. The number of nitrogens with zero attached hydrogens (tertiary/aromatic N) is 1. The summed E-state index contributed by atoms with van der Waals surface area (Å²) in [6, 6.07) is 3.72. The van der Waals surface area contributed by atoms with E-state index in [0.717, 1.165) is 6.42 Å².